The molecule has 2 aromatic carbocycles. The average molecular weight is 529 g/mol. The van der Waals surface area contributed by atoms with E-state index in [1.54, 1.807) is 42.2 Å². The molecule has 0 spiro atoms. The van der Waals surface area contributed by atoms with Crippen LogP contribution in [0.15, 0.2) is 53.2 Å². The van der Waals surface area contributed by atoms with Crippen LogP contribution in [0.25, 0.3) is 22.3 Å². The molecule has 0 saturated carbocycles. The largest absolute Gasteiger partial charge is 0.471 e. The van der Waals surface area contributed by atoms with Crippen molar-refractivity contribution in [1.29, 1.82) is 0 Å². The Bertz CT molecular complexity index is 1550. The molecule has 2 amide bonds. The number of ketones is 1. The van der Waals surface area contributed by atoms with Gasteiger partial charge in [0.15, 0.2) is 0 Å². The highest BCUT2D eigenvalue weighted by atomic mass is 19.4. The molecule has 196 valence electrons. The molecule has 38 heavy (non-hydrogen) atoms. The third-order valence-electron chi connectivity index (χ3n) is 6.33. The van der Waals surface area contributed by atoms with Crippen molar-refractivity contribution in [2.45, 2.75) is 19.1 Å². The summed E-state index contributed by atoms with van der Waals surface area (Å²) < 4.78 is 57.7. The van der Waals surface area contributed by atoms with E-state index in [1.165, 1.54) is 4.90 Å². The molecule has 4 aromatic rings. The minimum atomic E-state index is -4.87. The van der Waals surface area contributed by atoms with Gasteiger partial charge in [0, 0.05) is 48.4 Å². The average Bonchev–Trinajstić information content (AvgIpc) is 3.57. The number of benzene rings is 2. The number of fused-ring (bicyclic) bond motifs is 1. The number of alkyl halides is 3. The van der Waals surface area contributed by atoms with Gasteiger partial charge in [0.2, 0.25) is 5.82 Å². The lowest BCUT2D eigenvalue weighted by Gasteiger charge is -2.39. The van der Waals surface area contributed by atoms with Crippen LogP contribution in [-0.2, 0) is 11.0 Å². The number of amides is 2. The van der Waals surface area contributed by atoms with Crippen LogP contribution in [0.1, 0.15) is 33.5 Å². The molecule has 1 N–H and O–H groups in total. The molecule has 5 rings (SSSR count). The summed E-state index contributed by atoms with van der Waals surface area (Å²) in [5, 5.41) is 3.02. The fourth-order valence-electron chi connectivity index (χ4n) is 4.47. The zero-order valence-electron chi connectivity index (χ0n) is 19.8. The van der Waals surface area contributed by atoms with E-state index in [-0.39, 0.29) is 47.6 Å². The van der Waals surface area contributed by atoms with E-state index < -0.39 is 41.4 Å². The van der Waals surface area contributed by atoms with Crippen LogP contribution in [0.4, 0.5) is 17.6 Å². The van der Waals surface area contributed by atoms with Crippen molar-refractivity contribution in [3.05, 3.63) is 71.5 Å². The number of hydrogen-bond acceptors (Lipinski definition) is 6. The van der Waals surface area contributed by atoms with Crippen LogP contribution >= 0.6 is 0 Å². The molecule has 1 fully saturated rings. The van der Waals surface area contributed by atoms with Gasteiger partial charge >= 0.3 is 12.1 Å². The van der Waals surface area contributed by atoms with Gasteiger partial charge in [-0.3, -0.25) is 14.4 Å². The first-order valence-electron chi connectivity index (χ1n) is 11.5. The normalized spacial score (nSPS) is 16.2. The highest BCUT2D eigenvalue weighted by molar-refractivity contribution is 6.45. The van der Waals surface area contributed by atoms with E-state index in [0.717, 1.165) is 18.3 Å². The molecule has 0 radical (unpaired) electrons. The quantitative estimate of drug-likeness (QED) is 0.244. The molecular formula is C25H19F4N5O4. The minimum Gasteiger partial charge on any atom is -0.360 e. The lowest BCUT2D eigenvalue weighted by atomic mass is 10.0. The standard InChI is InChI=1S/C25H19F4N5O4/c1-13-12-33(22(36)14-5-3-2-4-6-14)9-10-34(13)23(37)20(35)16-11-30-19-15(7-8-17(26)18(16)19)21-31-24(38-32-21)25(27,28)29/h2-8,11,13,30H,9-10,12H2,1H3/t13-/m1/s1. The Hall–Kier alpha value is -4.55. The number of halogens is 4. The number of carbonyl (C=O) groups excluding carboxylic acids is 3. The minimum absolute atomic E-state index is 0.0476. The molecule has 0 aliphatic carbocycles. The first-order valence-corrected chi connectivity index (χ1v) is 11.5. The van der Waals surface area contributed by atoms with Gasteiger partial charge < -0.3 is 19.3 Å². The van der Waals surface area contributed by atoms with Gasteiger partial charge in [0.1, 0.15) is 5.82 Å². The fraction of sp³-hybridized carbons (Fsp3) is 0.240. The Morgan fingerprint density at radius 3 is 2.47 bits per heavy atom. The second kappa shape index (κ2) is 9.39. The number of aromatic amines is 1. The van der Waals surface area contributed by atoms with Crippen LogP contribution in [0, 0.1) is 5.82 Å². The summed E-state index contributed by atoms with van der Waals surface area (Å²) in [5.74, 6) is -5.02. The number of rotatable bonds is 4. The fourth-order valence-corrected chi connectivity index (χ4v) is 4.47. The summed E-state index contributed by atoms with van der Waals surface area (Å²) in [7, 11) is 0. The van der Waals surface area contributed by atoms with E-state index in [9.17, 15) is 31.9 Å². The number of Topliss-reactive ketones (excluding diaryl/α,β-unsaturated/α-hetero) is 1. The summed E-state index contributed by atoms with van der Waals surface area (Å²) >= 11 is 0. The molecule has 0 bridgehead atoms. The molecular weight excluding hydrogens is 510 g/mol. The second-order valence-corrected chi connectivity index (χ2v) is 8.76. The molecule has 3 heterocycles. The van der Waals surface area contributed by atoms with Crippen molar-refractivity contribution < 1.29 is 36.5 Å². The maximum atomic E-state index is 14.8. The lowest BCUT2D eigenvalue weighted by Crippen LogP contribution is -2.56. The van der Waals surface area contributed by atoms with Crippen molar-refractivity contribution in [3.8, 4) is 11.4 Å². The Labute approximate surface area is 212 Å². The van der Waals surface area contributed by atoms with Gasteiger partial charge in [-0.1, -0.05) is 23.4 Å². The van der Waals surface area contributed by atoms with E-state index in [1.807, 2.05) is 0 Å². The molecule has 13 heteroatoms. The third-order valence-corrected chi connectivity index (χ3v) is 6.33. The maximum Gasteiger partial charge on any atom is 0.471 e. The Morgan fingerprint density at radius 1 is 1.08 bits per heavy atom. The Morgan fingerprint density at radius 2 is 1.82 bits per heavy atom. The second-order valence-electron chi connectivity index (χ2n) is 8.76. The summed E-state index contributed by atoms with van der Waals surface area (Å²) in [6, 6.07) is 10.2. The van der Waals surface area contributed by atoms with Crippen LogP contribution in [0.2, 0.25) is 0 Å². The summed E-state index contributed by atoms with van der Waals surface area (Å²) in [5.41, 5.74) is 0.0963. The molecule has 1 aliphatic rings. The number of nitrogens with one attached hydrogen (secondary N) is 1. The molecule has 2 aromatic heterocycles. The number of hydrogen-bond donors (Lipinski definition) is 1. The van der Waals surface area contributed by atoms with Crippen molar-refractivity contribution in [2.24, 2.45) is 0 Å². The predicted molar refractivity (Wildman–Crippen MR) is 124 cm³/mol. The van der Waals surface area contributed by atoms with Gasteiger partial charge in [-0.15, -0.1) is 0 Å². The van der Waals surface area contributed by atoms with Gasteiger partial charge in [-0.25, -0.2) is 4.39 Å². The van der Waals surface area contributed by atoms with Crippen LogP contribution in [-0.4, -0.2) is 68.2 Å². The zero-order valence-corrected chi connectivity index (χ0v) is 19.8. The van der Waals surface area contributed by atoms with Crippen molar-refractivity contribution in [1.82, 2.24) is 24.9 Å². The third kappa shape index (κ3) is 4.40. The zero-order chi connectivity index (χ0) is 27.2. The number of carbonyl (C=O) groups is 3. The first-order chi connectivity index (χ1) is 18.1. The van der Waals surface area contributed by atoms with Crippen molar-refractivity contribution >= 4 is 28.5 Å². The molecule has 1 atom stereocenters. The SMILES string of the molecule is C[C@@H]1CN(C(=O)c2ccccc2)CCN1C(=O)C(=O)c1c[nH]c2c(-c3noc(C(F)(F)F)n3)ccc(F)c12. The van der Waals surface area contributed by atoms with E-state index in [2.05, 4.69) is 19.6 Å². The predicted octanol–water partition coefficient (Wildman–Crippen LogP) is 3.93. The number of piperazine rings is 1. The lowest BCUT2D eigenvalue weighted by molar-refractivity contribution is -0.159. The van der Waals surface area contributed by atoms with E-state index in [4.69, 9.17) is 0 Å². The monoisotopic (exact) mass is 529 g/mol. The summed E-state index contributed by atoms with van der Waals surface area (Å²) in [6.45, 7) is 2.17. The van der Waals surface area contributed by atoms with E-state index in [0.29, 0.717) is 5.56 Å². The highest BCUT2D eigenvalue weighted by Gasteiger charge is 2.39. The van der Waals surface area contributed by atoms with Gasteiger partial charge in [-0.05, 0) is 31.2 Å². The Kier molecular flexibility index (Phi) is 6.21. The molecule has 1 aliphatic heterocycles. The van der Waals surface area contributed by atoms with Gasteiger partial charge in [0.05, 0.1) is 11.1 Å². The van der Waals surface area contributed by atoms with Crippen LogP contribution in [0.3, 0.4) is 0 Å². The topological polar surface area (TPSA) is 112 Å². The Balaban J connectivity index is 1.38. The van der Waals surface area contributed by atoms with Gasteiger partial charge in [-0.2, -0.15) is 18.2 Å². The highest BCUT2D eigenvalue weighted by Crippen LogP contribution is 2.34. The summed E-state index contributed by atoms with van der Waals surface area (Å²) in [6.07, 6.45) is -3.76. The number of aromatic nitrogens is 3. The number of nitrogens with zero attached hydrogens (tertiary/aromatic N) is 4. The van der Waals surface area contributed by atoms with Gasteiger partial charge in [0.25, 0.3) is 17.6 Å². The van der Waals surface area contributed by atoms with Crippen LogP contribution < -0.4 is 0 Å². The molecule has 9 nitrogen and oxygen atoms in total. The van der Waals surface area contributed by atoms with Crippen molar-refractivity contribution in [2.75, 3.05) is 19.6 Å². The van der Waals surface area contributed by atoms with E-state index >= 15 is 0 Å². The van der Waals surface area contributed by atoms with Crippen LogP contribution in [0.5, 0.6) is 0 Å². The first kappa shape index (κ1) is 25.1. The summed E-state index contributed by atoms with van der Waals surface area (Å²) in [4.78, 5) is 47.9. The maximum absolute atomic E-state index is 14.8. The smallest absolute Gasteiger partial charge is 0.360 e. The van der Waals surface area contributed by atoms with Crippen molar-refractivity contribution in [3.63, 3.8) is 0 Å². The molecule has 1 saturated heterocycles. The molecule has 0 unspecified atom stereocenters. The number of H-pyrrole nitrogens is 1.